The van der Waals surface area contributed by atoms with E-state index in [4.69, 9.17) is 22.1 Å². The van der Waals surface area contributed by atoms with E-state index in [1.54, 1.807) is 17.9 Å². The van der Waals surface area contributed by atoms with E-state index in [2.05, 4.69) is 10.1 Å². The highest BCUT2D eigenvalue weighted by molar-refractivity contribution is 6.31. The molecule has 1 fully saturated rings. The summed E-state index contributed by atoms with van der Waals surface area (Å²) in [5.74, 6) is -1.62. The van der Waals surface area contributed by atoms with Crippen LogP contribution in [0.5, 0.6) is 5.75 Å². The van der Waals surface area contributed by atoms with Gasteiger partial charge in [0.05, 0.1) is 41.7 Å². The van der Waals surface area contributed by atoms with Crippen LogP contribution in [0, 0.1) is 11.3 Å². The van der Waals surface area contributed by atoms with Gasteiger partial charge in [-0.3, -0.25) is 19.0 Å². The first-order chi connectivity index (χ1) is 23.8. The average molecular weight is 711 g/mol. The molecule has 6 rings (SSSR count). The number of rotatable bonds is 7. The van der Waals surface area contributed by atoms with Crippen molar-refractivity contribution in [2.75, 3.05) is 44.3 Å². The number of aromatic nitrogens is 4. The molecule has 2 aliphatic heterocycles. The molecule has 50 heavy (non-hydrogen) atoms. The lowest BCUT2D eigenvalue weighted by molar-refractivity contribution is -0.137. The number of carbonyl (C=O) groups is 2. The maximum atomic E-state index is 14.3. The maximum absolute atomic E-state index is 14.3. The molecule has 2 amide bonds. The van der Waals surface area contributed by atoms with Crippen molar-refractivity contribution in [1.82, 2.24) is 24.1 Å². The topological polar surface area (TPSA) is 172 Å². The zero-order valence-electron chi connectivity index (χ0n) is 26.6. The Morgan fingerprint density at radius 2 is 1.90 bits per heavy atom. The van der Waals surface area contributed by atoms with Crippen LogP contribution in [-0.4, -0.2) is 80.4 Å². The molecule has 1 atom stereocenters. The summed E-state index contributed by atoms with van der Waals surface area (Å²) >= 11 is 6.41. The Morgan fingerprint density at radius 1 is 1.16 bits per heavy atom. The molecule has 2 aliphatic rings. The number of aromatic hydroxyl groups is 1. The van der Waals surface area contributed by atoms with Gasteiger partial charge in [-0.25, -0.2) is 0 Å². The highest BCUT2D eigenvalue weighted by atomic mass is 35.5. The van der Waals surface area contributed by atoms with E-state index in [0.29, 0.717) is 37.0 Å². The molecule has 2 aromatic carbocycles. The highest BCUT2D eigenvalue weighted by Crippen LogP contribution is 2.37. The van der Waals surface area contributed by atoms with Gasteiger partial charge < -0.3 is 25.4 Å². The van der Waals surface area contributed by atoms with Crippen LogP contribution in [0.3, 0.4) is 0 Å². The van der Waals surface area contributed by atoms with E-state index >= 15 is 0 Å². The molecule has 0 aliphatic carbocycles. The number of primary amides is 1. The Balaban J connectivity index is 1.48. The lowest BCUT2D eigenvalue weighted by Gasteiger charge is -2.37. The first kappa shape index (κ1) is 34.5. The van der Waals surface area contributed by atoms with Crippen molar-refractivity contribution in [3.05, 3.63) is 91.6 Å². The van der Waals surface area contributed by atoms with Crippen LogP contribution in [0.2, 0.25) is 5.02 Å². The van der Waals surface area contributed by atoms with Gasteiger partial charge in [-0.1, -0.05) is 30.7 Å². The fourth-order valence-corrected chi connectivity index (χ4v) is 6.56. The summed E-state index contributed by atoms with van der Waals surface area (Å²) in [6.45, 7) is 2.96. The molecule has 4 aromatic rings. The van der Waals surface area contributed by atoms with Crippen molar-refractivity contribution in [3.8, 4) is 11.8 Å². The van der Waals surface area contributed by atoms with Crippen LogP contribution >= 0.6 is 11.6 Å². The Bertz CT molecular complexity index is 2150. The molecule has 0 radical (unpaired) electrons. The summed E-state index contributed by atoms with van der Waals surface area (Å²) in [4.78, 5) is 48.8. The molecule has 0 saturated carbocycles. The van der Waals surface area contributed by atoms with Crippen LogP contribution in [-0.2, 0) is 22.1 Å². The number of ether oxygens (including phenoxy) is 1. The van der Waals surface area contributed by atoms with Crippen LogP contribution in [0.1, 0.15) is 58.0 Å². The molecule has 4 heterocycles. The third kappa shape index (κ3) is 6.25. The van der Waals surface area contributed by atoms with Crippen molar-refractivity contribution < 1.29 is 32.6 Å². The summed E-state index contributed by atoms with van der Waals surface area (Å²) in [5.41, 5.74) is 5.62. The number of hydrogen-bond acceptors (Lipinski definition) is 9. The second-order valence-electron chi connectivity index (χ2n) is 11.7. The van der Waals surface area contributed by atoms with Crippen LogP contribution in [0.25, 0.3) is 11.4 Å². The number of hydrogen-bond donors (Lipinski definition) is 2. The molecule has 1 unspecified atom stereocenters. The number of amides is 2. The van der Waals surface area contributed by atoms with Gasteiger partial charge in [-0.15, -0.1) is 5.10 Å². The normalized spacial score (nSPS) is 15.9. The SMILES string of the molecule is CCc1c(N2CCN(C(=O)c3cc(C#N)ccc3O)CC2)c(=O)n2nc(C3=CCOCC3)nc2n1C(C(N)=O)c1ccc(C(F)(F)F)cc1Cl. The van der Waals surface area contributed by atoms with Crippen molar-refractivity contribution in [3.63, 3.8) is 0 Å². The number of nitriles is 1. The van der Waals surface area contributed by atoms with E-state index in [1.165, 1.54) is 27.7 Å². The minimum absolute atomic E-state index is 0.0363. The largest absolute Gasteiger partial charge is 0.507 e. The Kier molecular flexibility index (Phi) is 9.29. The number of fused-ring (bicyclic) bond motifs is 1. The van der Waals surface area contributed by atoms with Gasteiger partial charge in [-0.05, 0) is 48.7 Å². The summed E-state index contributed by atoms with van der Waals surface area (Å²) in [7, 11) is 0. The van der Waals surface area contributed by atoms with Crippen molar-refractivity contribution >= 4 is 40.5 Å². The summed E-state index contributed by atoms with van der Waals surface area (Å²) in [6, 6.07) is 6.99. The molecule has 0 bridgehead atoms. The predicted octanol–water partition coefficient (Wildman–Crippen LogP) is 3.54. The van der Waals surface area contributed by atoms with Crippen molar-refractivity contribution in [1.29, 1.82) is 5.26 Å². The number of piperazine rings is 1. The second kappa shape index (κ2) is 13.5. The van der Waals surface area contributed by atoms with E-state index in [-0.39, 0.29) is 77.4 Å². The van der Waals surface area contributed by atoms with Crippen LogP contribution < -0.4 is 16.2 Å². The number of nitrogens with two attached hydrogens (primary N) is 1. The Hall–Kier alpha value is -5.40. The van der Waals surface area contributed by atoms with Crippen molar-refractivity contribution in [2.45, 2.75) is 32.0 Å². The zero-order valence-corrected chi connectivity index (χ0v) is 27.3. The fraction of sp³-hybridized carbons (Fsp3) is 0.333. The lowest BCUT2D eigenvalue weighted by atomic mass is 10.0. The molecular weight excluding hydrogens is 681 g/mol. The number of phenolic OH excluding ortho intramolecular Hbond substituents is 1. The second-order valence-corrected chi connectivity index (χ2v) is 12.1. The van der Waals surface area contributed by atoms with E-state index in [9.17, 15) is 37.9 Å². The van der Waals surface area contributed by atoms with Gasteiger partial charge in [0.2, 0.25) is 11.7 Å². The third-order valence-corrected chi connectivity index (χ3v) is 9.07. The van der Waals surface area contributed by atoms with E-state index in [0.717, 1.165) is 16.6 Å². The summed E-state index contributed by atoms with van der Waals surface area (Å²) in [6.07, 6.45) is -2.33. The van der Waals surface area contributed by atoms with Gasteiger partial charge in [0.25, 0.3) is 11.5 Å². The van der Waals surface area contributed by atoms with Crippen LogP contribution in [0.15, 0.2) is 47.3 Å². The number of halogens is 4. The molecular formula is C33H30ClF3N8O5. The van der Waals surface area contributed by atoms with Crippen LogP contribution in [0.4, 0.5) is 18.9 Å². The van der Waals surface area contributed by atoms with Gasteiger partial charge >= 0.3 is 6.18 Å². The first-order valence-corrected chi connectivity index (χ1v) is 16.0. The molecule has 2 aromatic heterocycles. The maximum Gasteiger partial charge on any atom is 0.416 e. The monoisotopic (exact) mass is 710 g/mol. The van der Waals surface area contributed by atoms with Gasteiger partial charge in [0.1, 0.15) is 17.5 Å². The molecule has 3 N–H and O–H groups in total. The Labute approximate surface area is 287 Å². The smallest absolute Gasteiger partial charge is 0.416 e. The molecule has 1 saturated heterocycles. The molecule has 0 spiro atoms. The lowest BCUT2D eigenvalue weighted by Crippen LogP contribution is -2.51. The van der Waals surface area contributed by atoms with Gasteiger partial charge in [-0.2, -0.15) is 27.9 Å². The number of anilines is 1. The minimum atomic E-state index is -4.70. The highest BCUT2D eigenvalue weighted by Gasteiger charge is 2.36. The number of alkyl halides is 3. The quantitative estimate of drug-likeness (QED) is 0.291. The average Bonchev–Trinajstić information content (AvgIpc) is 3.56. The minimum Gasteiger partial charge on any atom is -0.507 e. The Morgan fingerprint density at radius 3 is 2.50 bits per heavy atom. The number of carbonyl (C=O) groups excluding carboxylic acids is 2. The number of nitrogens with zero attached hydrogens (tertiary/aromatic N) is 7. The fourth-order valence-electron chi connectivity index (χ4n) is 6.27. The predicted molar refractivity (Wildman–Crippen MR) is 175 cm³/mol. The summed E-state index contributed by atoms with van der Waals surface area (Å²) in [5, 5.41) is 23.7. The molecule has 260 valence electrons. The first-order valence-electron chi connectivity index (χ1n) is 15.6. The van der Waals surface area contributed by atoms with E-state index < -0.39 is 35.2 Å². The molecule has 13 nitrogen and oxygen atoms in total. The number of benzene rings is 2. The van der Waals surface area contributed by atoms with Crippen molar-refractivity contribution in [2.24, 2.45) is 5.73 Å². The zero-order chi connectivity index (χ0) is 35.9. The van der Waals surface area contributed by atoms with Gasteiger partial charge in [0, 0.05) is 36.8 Å². The third-order valence-electron chi connectivity index (χ3n) is 8.74. The van der Waals surface area contributed by atoms with E-state index in [1.807, 2.05) is 6.07 Å². The number of phenols is 1. The van der Waals surface area contributed by atoms with Gasteiger partial charge in [0.15, 0.2) is 5.82 Å². The summed E-state index contributed by atoms with van der Waals surface area (Å²) < 4.78 is 48.4. The molecule has 17 heteroatoms. The standard InChI is InChI=1S/C33H30ClF3N8O5/c1-2-24-27(42-9-11-43(12-10-42)30(48)22-15-18(17-38)3-6-25(22)46)31(49)45-32(40-29(41-45)19-7-13-50-14-8-19)44(24)26(28(39)47)21-5-4-20(16-23(21)34)33(35,36)37/h3-7,15-16,26,46H,2,8-14H2,1H3,(H2,39,47).